The van der Waals surface area contributed by atoms with E-state index < -0.39 is 23.6 Å². The molecule has 0 spiro atoms. The fourth-order valence-corrected chi connectivity index (χ4v) is 7.62. The average molecular weight is 726 g/mol. The van der Waals surface area contributed by atoms with Gasteiger partial charge in [0.05, 0.1) is 24.7 Å². The summed E-state index contributed by atoms with van der Waals surface area (Å²) in [6.07, 6.45) is -0.489. The van der Waals surface area contributed by atoms with Crippen molar-refractivity contribution in [3.8, 4) is 28.3 Å². The minimum absolute atomic E-state index is 0.0249. The number of hydrogen-bond donors (Lipinski definition) is 2. The molecule has 8 nitrogen and oxygen atoms in total. The maximum Gasteiger partial charge on any atom is 0.417 e. The van der Waals surface area contributed by atoms with Crippen molar-refractivity contribution in [2.24, 2.45) is 5.92 Å². The van der Waals surface area contributed by atoms with E-state index in [0.29, 0.717) is 42.3 Å². The van der Waals surface area contributed by atoms with Crippen molar-refractivity contribution in [3.63, 3.8) is 0 Å². The van der Waals surface area contributed by atoms with Crippen LogP contribution in [0.2, 0.25) is 0 Å². The number of nitrogens with zero attached hydrogens (tertiary/aromatic N) is 3. The van der Waals surface area contributed by atoms with Crippen LogP contribution in [0.1, 0.15) is 51.8 Å². The van der Waals surface area contributed by atoms with Crippen molar-refractivity contribution in [2.75, 3.05) is 33.3 Å². The first-order valence-electron chi connectivity index (χ1n) is 17.8. The van der Waals surface area contributed by atoms with Crippen LogP contribution in [0.15, 0.2) is 71.1 Å². The minimum Gasteiger partial charge on any atom is -0.496 e. The van der Waals surface area contributed by atoms with Crippen LogP contribution < -0.4 is 4.74 Å². The average Bonchev–Trinajstić information content (AvgIpc) is 3.88. The van der Waals surface area contributed by atoms with Gasteiger partial charge in [0.1, 0.15) is 11.3 Å². The Morgan fingerprint density at radius 1 is 0.906 bits per heavy atom. The van der Waals surface area contributed by atoms with Gasteiger partial charge in [-0.25, -0.2) is 4.98 Å². The number of ether oxygens (including phenoxy) is 1. The second-order valence-electron chi connectivity index (χ2n) is 14.1. The SMILES string of the molecule is COc1cc(/C=C/c2cccc(-c3cccc(-c4nc5cc(CN6CC[C@@H](O)C6)ccc5o4)c3C)c2C)c(C(F)(F)F)cc1CN1CC[C@@H](C(=O)O)C1. The second-order valence-corrected chi connectivity index (χ2v) is 14.1. The second kappa shape index (κ2) is 14.8. The van der Waals surface area contributed by atoms with Crippen LogP contribution in [-0.2, 0) is 24.1 Å². The van der Waals surface area contributed by atoms with Gasteiger partial charge in [-0.3, -0.25) is 14.6 Å². The number of aliphatic hydroxyl groups is 1. The quantitative estimate of drug-likeness (QED) is 0.139. The molecule has 4 aromatic carbocycles. The summed E-state index contributed by atoms with van der Waals surface area (Å²) in [6, 6.07) is 20.2. The summed E-state index contributed by atoms with van der Waals surface area (Å²) in [4.78, 5) is 20.3. The third-order valence-corrected chi connectivity index (χ3v) is 10.6. The van der Waals surface area contributed by atoms with Gasteiger partial charge in [0, 0.05) is 43.9 Å². The fourth-order valence-electron chi connectivity index (χ4n) is 7.62. The number of methoxy groups -OCH3 is 1. The number of carbonyl (C=O) groups is 1. The molecular formula is C42H42F3N3O5. The Morgan fingerprint density at radius 2 is 1.60 bits per heavy atom. The number of fused-ring (bicyclic) bond motifs is 1. The van der Waals surface area contributed by atoms with Crippen LogP contribution in [0.4, 0.5) is 13.2 Å². The third-order valence-electron chi connectivity index (χ3n) is 10.6. The minimum atomic E-state index is -4.62. The van der Waals surface area contributed by atoms with Gasteiger partial charge in [0.15, 0.2) is 5.58 Å². The highest BCUT2D eigenvalue weighted by atomic mass is 19.4. The normalized spacial score (nSPS) is 18.5. The summed E-state index contributed by atoms with van der Waals surface area (Å²) in [5.74, 6) is -0.610. The van der Waals surface area contributed by atoms with Crippen LogP contribution in [0.3, 0.4) is 0 Å². The number of aromatic nitrogens is 1. The molecule has 2 atom stereocenters. The van der Waals surface area contributed by atoms with E-state index in [1.807, 2.05) is 73.3 Å². The Kier molecular flexibility index (Phi) is 10.2. The van der Waals surface area contributed by atoms with Gasteiger partial charge in [-0.05, 0) is 103 Å². The molecule has 0 radical (unpaired) electrons. The van der Waals surface area contributed by atoms with E-state index in [-0.39, 0.29) is 24.8 Å². The molecule has 0 amide bonds. The smallest absolute Gasteiger partial charge is 0.417 e. The number of carboxylic acid groups (broad SMARTS) is 1. The highest BCUT2D eigenvalue weighted by molar-refractivity contribution is 5.84. The summed E-state index contributed by atoms with van der Waals surface area (Å²) in [5, 5.41) is 19.3. The zero-order chi connectivity index (χ0) is 37.4. The molecular weight excluding hydrogens is 683 g/mol. The number of aliphatic carboxylic acids is 1. The highest BCUT2D eigenvalue weighted by Gasteiger charge is 2.35. The lowest BCUT2D eigenvalue weighted by molar-refractivity contribution is -0.141. The number of hydrogen-bond acceptors (Lipinski definition) is 7. The van der Waals surface area contributed by atoms with Crippen molar-refractivity contribution < 1.29 is 37.3 Å². The Balaban J connectivity index is 1.16. The first kappa shape index (κ1) is 36.4. The summed E-state index contributed by atoms with van der Waals surface area (Å²) in [7, 11) is 1.42. The predicted octanol–water partition coefficient (Wildman–Crippen LogP) is 8.45. The zero-order valence-electron chi connectivity index (χ0n) is 29.9. The van der Waals surface area contributed by atoms with Crippen LogP contribution in [0.5, 0.6) is 5.75 Å². The number of rotatable bonds is 10. The van der Waals surface area contributed by atoms with Crippen LogP contribution in [0.25, 0.3) is 45.8 Å². The van der Waals surface area contributed by atoms with Gasteiger partial charge >= 0.3 is 12.1 Å². The lowest BCUT2D eigenvalue weighted by Gasteiger charge is -2.20. The molecule has 2 fully saturated rings. The topological polar surface area (TPSA) is 99.3 Å². The van der Waals surface area contributed by atoms with Gasteiger partial charge in [0.2, 0.25) is 5.89 Å². The summed E-state index contributed by atoms with van der Waals surface area (Å²) < 4.78 is 55.1. The molecule has 5 aromatic rings. The van der Waals surface area contributed by atoms with E-state index in [2.05, 4.69) is 4.90 Å². The maximum atomic E-state index is 14.5. The molecule has 276 valence electrons. The molecule has 3 heterocycles. The number of likely N-dealkylation sites (tertiary alicyclic amines) is 2. The summed E-state index contributed by atoms with van der Waals surface area (Å²) >= 11 is 0. The van der Waals surface area contributed by atoms with Crippen molar-refractivity contribution in [1.82, 2.24) is 14.8 Å². The molecule has 2 aliphatic heterocycles. The van der Waals surface area contributed by atoms with E-state index in [1.165, 1.54) is 19.3 Å². The lowest BCUT2D eigenvalue weighted by atomic mass is 9.91. The Hall–Kier alpha value is -4.97. The largest absolute Gasteiger partial charge is 0.496 e. The number of oxazole rings is 1. The van der Waals surface area contributed by atoms with Crippen LogP contribution >= 0.6 is 0 Å². The molecule has 53 heavy (non-hydrogen) atoms. The molecule has 2 N–H and O–H groups in total. The number of carboxylic acids is 1. The van der Waals surface area contributed by atoms with Gasteiger partial charge in [0.25, 0.3) is 0 Å². The van der Waals surface area contributed by atoms with E-state index in [0.717, 1.165) is 70.0 Å². The van der Waals surface area contributed by atoms with Crippen molar-refractivity contribution >= 4 is 29.2 Å². The molecule has 2 aliphatic rings. The molecule has 0 saturated carbocycles. The summed E-state index contributed by atoms with van der Waals surface area (Å²) in [5.41, 5.74) is 7.47. The number of β-amino-alcohol motifs (C(OH)–C–C–N with tert-alkyl or cyclic N) is 1. The fraction of sp³-hybridized carbons (Fsp3) is 0.333. The molecule has 11 heteroatoms. The first-order valence-corrected chi connectivity index (χ1v) is 17.8. The van der Waals surface area contributed by atoms with Gasteiger partial charge in [-0.15, -0.1) is 0 Å². The Morgan fingerprint density at radius 3 is 2.30 bits per heavy atom. The predicted molar refractivity (Wildman–Crippen MR) is 198 cm³/mol. The molecule has 1 aromatic heterocycles. The van der Waals surface area contributed by atoms with Gasteiger partial charge in [-0.2, -0.15) is 13.2 Å². The van der Waals surface area contributed by atoms with Crippen LogP contribution in [-0.4, -0.2) is 70.4 Å². The van der Waals surface area contributed by atoms with Crippen molar-refractivity contribution in [2.45, 2.75) is 52.1 Å². The number of benzene rings is 4. The van der Waals surface area contributed by atoms with Gasteiger partial charge in [-0.1, -0.05) is 48.6 Å². The monoisotopic (exact) mass is 725 g/mol. The van der Waals surface area contributed by atoms with E-state index >= 15 is 0 Å². The van der Waals surface area contributed by atoms with Crippen molar-refractivity contribution in [3.05, 3.63) is 106 Å². The molecule has 7 rings (SSSR count). The number of halogens is 3. The standard InChI is InChI=1S/C42H42F3N3O5/c1-25-28(11-12-29-20-39(52-3)31(19-36(29)42(43,44)45)23-48-16-14-30(22-48)41(50)51)6-4-7-33(25)34-8-5-9-35(26(34)2)40-46-37-18-27(10-13-38(37)53-40)21-47-17-15-32(49)24-47/h4-13,18-20,30,32,49H,14-17,21-24H2,1-3H3,(H,50,51)/b12-11+/t30-,32-/m1/s1. The van der Waals surface area contributed by atoms with E-state index in [9.17, 15) is 28.2 Å². The van der Waals surface area contributed by atoms with Gasteiger partial charge < -0.3 is 19.4 Å². The summed E-state index contributed by atoms with van der Waals surface area (Å²) in [6.45, 7) is 7.16. The molecule has 0 aliphatic carbocycles. The molecule has 0 unspecified atom stereocenters. The number of aliphatic hydroxyl groups excluding tert-OH is 1. The highest BCUT2D eigenvalue weighted by Crippen LogP contribution is 2.39. The van der Waals surface area contributed by atoms with E-state index in [4.69, 9.17) is 14.1 Å². The number of alkyl halides is 3. The Bertz CT molecular complexity index is 2190. The third kappa shape index (κ3) is 7.74. The molecule has 0 bridgehead atoms. The van der Waals surface area contributed by atoms with E-state index in [1.54, 1.807) is 6.08 Å². The lowest BCUT2D eigenvalue weighted by Crippen LogP contribution is -2.23. The van der Waals surface area contributed by atoms with Crippen molar-refractivity contribution in [1.29, 1.82) is 0 Å². The maximum absolute atomic E-state index is 14.5. The molecule has 2 saturated heterocycles. The zero-order valence-corrected chi connectivity index (χ0v) is 29.9. The van der Waals surface area contributed by atoms with Crippen LogP contribution in [0, 0.1) is 19.8 Å². The first-order chi connectivity index (χ1) is 25.4. The Labute approximate surface area is 306 Å².